The van der Waals surface area contributed by atoms with Crippen LogP contribution < -0.4 is 5.32 Å². The third-order valence-electron chi connectivity index (χ3n) is 9.41. The molecule has 1 amide bonds. The summed E-state index contributed by atoms with van der Waals surface area (Å²) in [6, 6.07) is 34.9. The summed E-state index contributed by atoms with van der Waals surface area (Å²) in [5.41, 5.74) is 7.25. The van der Waals surface area contributed by atoms with E-state index in [0.29, 0.717) is 6.54 Å². The van der Waals surface area contributed by atoms with Crippen LogP contribution in [0.5, 0.6) is 0 Å². The zero-order chi connectivity index (χ0) is 34.9. The van der Waals surface area contributed by atoms with Gasteiger partial charge in [0, 0.05) is 64.7 Å². The van der Waals surface area contributed by atoms with Gasteiger partial charge in [0.2, 0.25) is 0 Å². The summed E-state index contributed by atoms with van der Waals surface area (Å²) in [5.74, 6) is -0.827. The highest BCUT2D eigenvalue weighted by Crippen LogP contribution is 2.39. The van der Waals surface area contributed by atoms with Gasteiger partial charge in [0.15, 0.2) is 12.4 Å². The molecule has 262 valence electrons. The summed E-state index contributed by atoms with van der Waals surface area (Å²) < 4.78 is 18.3. The van der Waals surface area contributed by atoms with Crippen molar-refractivity contribution in [3.8, 4) is 11.1 Å². The molecule has 0 saturated carbocycles. The highest BCUT2D eigenvalue weighted by Gasteiger charge is 2.34. The topological polar surface area (TPSA) is 101 Å². The average Bonchev–Trinajstić information content (AvgIpc) is 3.15. The van der Waals surface area contributed by atoms with E-state index < -0.39 is 18.4 Å². The zero-order valence-corrected chi connectivity index (χ0v) is 28.9. The summed E-state index contributed by atoms with van der Waals surface area (Å²) in [7, 11) is 0. The fourth-order valence-corrected chi connectivity index (χ4v) is 6.62. The van der Waals surface area contributed by atoms with Crippen LogP contribution in [-0.4, -0.2) is 71.7 Å². The van der Waals surface area contributed by atoms with E-state index in [1.807, 2.05) is 48.5 Å². The van der Waals surface area contributed by atoms with Gasteiger partial charge in [-0.3, -0.25) is 19.4 Å². The number of nitrogens with zero attached hydrogens (tertiary/aromatic N) is 2. The molecule has 9 heteroatoms. The summed E-state index contributed by atoms with van der Waals surface area (Å²) >= 11 is 0. The van der Waals surface area contributed by atoms with E-state index in [-0.39, 0.29) is 24.7 Å². The zero-order valence-electron chi connectivity index (χ0n) is 28.9. The Morgan fingerprint density at radius 1 is 0.800 bits per heavy atom. The lowest BCUT2D eigenvalue weighted by molar-refractivity contribution is -0.253. The van der Waals surface area contributed by atoms with Crippen LogP contribution in [0.3, 0.4) is 0 Å². The maximum atomic E-state index is 12.3. The Hall–Kier alpha value is -4.38. The van der Waals surface area contributed by atoms with Gasteiger partial charge in [0.25, 0.3) is 5.91 Å². The number of carbonyl (C=O) groups excluding carboxylic acids is 2. The lowest BCUT2D eigenvalue weighted by atomic mass is 9.98. The molecule has 50 heavy (non-hydrogen) atoms. The van der Waals surface area contributed by atoms with Gasteiger partial charge >= 0.3 is 5.97 Å². The fraction of sp³-hybridized carbons (Fsp3) is 0.366. The number of aliphatic hydroxyl groups excluding tert-OH is 1. The first-order chi connectivity index (χ1) is 24.3. The largest absolute Gasteiger partial charge is 0.453 e. The maximum Gasteiger partial charge on any atom is 0.303 e. The number of carbonyl (C=O) groups is 2. The quantitative estimate of drug-likeness (QED) is 0.182. The Kier molecular flexibility index (Phi) is 12.1. The van der Waals surface area contributed by atoms with Gasteiger partial charge in [0.05, 0.1) is 18.8 Å². The van der Waals surface area contributed by atoms with Crippen molar-refractivity contribution in [2.24, 2.45) is 0 Å². The molecule has 2 aliphatic heterocycles. The first-order valence-electron chi connectivity index (χ1n) is 17.5. The van der Waals surface area contributed by atoms with Crippen molar-refractivity contribution in [3.05, 3.63) is 131 Å². The number of hydrogen-bond donors (Lipinski definition) is 2. The van der Waals surface area contributed by atoms with Crippen LogP contribution in [0.2, 0.25) is 0 Å². The van der Waals surface area contributed by atoms with Crippen molar-refractivity contribution < 1.29 is 28.9 Å². The predicted octanol–water partition coefficient (Wildman–Crippen LogP) is 5.78. The van der Waals surface area contributed by atoms with Gasteiger partial charge < -0.3 is 24.6 Å². The van der Waals surface area contributed by atoms with Crippen molar-refractivity contribution in [2.45, 2.75) is 64.6 Å². The monoisotopic (exact) mass is 677 g/mol. The molecule has 0 bridgehead atoms. The first kappa shape index (κ1) is 35.4. The fourth-order valence-electron chi connectivity index (χ4n) is 6.62. The van der Waals surface area contributed by atoms with Crippen LogP contribution >= 0.6 is 0 Å². The van der Waals surface area contributed by atoms with E-state index in [0.717, 1.165) is 79.1 Å². The van der Waals surface area contributed by atoms with Crippen molar-refractivity contribution in [1.82, 2.24) is 15.1 Å². The molecule has 6 rings (SSSR count). The molecule has 9 nitrogen and oxygen atoms in total. The second-order valence-corrected chi connectivity index (χ2v) is 13.2. The van der Waals surface area contributed by atoms with E-state index in [1.54, 1.807) is 6.92 Å². The summed E-state index contributed by atoms with van der Waals surface area (Å²) in [5, 5.41) is 12.4. The van der Waals surface area contributed by atoms with E-state index in [4.69, 9.17) is 14.2 Å². The smallest absolute Gasteiger partial charge is 0.303 e. The minimum absolute atomic E-state index is 0.00734. The van der Waals surface area contributed by atoms with Crippen LogP contribution in [0.25, 0.3) is 11.1 Å². The van der Waals surface area contributed by atoms with E-state index >= 15 is 0 Å². The molecule has 0 aliphatic carbocycles. The third kappa shape index (κ3) is 9.65. The van der Waals surface area contributed by atoms with Crippen LogP contribution in [0.1, 0.15) is 60.5 Å². The van der Waals surface area contributed by atoms with Gasteiger partial charge in [-0.2, -0.15) is 0 Å². The number of aliphatic hydroxyl groups is 1. The molecule has 2 N–H and O–H groups in total. The van der Waals surface area contributed by atoms with E-state index in [1.165, 1.54) is 12.5 Å². The van der Waals surface area contributed by atoms with Crippen molar-refractivity contribution in [2.75, 3.05) is 32.7 Å². The molecule has 0 spiro atoms. The van der Waals surface area contributed by atoms with E-state index in [9.17, 15) is 14.7 Å². The normalized spacial score (nSPS) is 20.6. The number of esters is 1. The molecular weight excluding hydrogens is 630 g/mol. The first-order valence-corrected chi connectivity index (χ1v) is 17.5. The number of rotatable bonds is 12. The highest BCUT2D eigenvalue weighted by atomic mass is 16.7. The molecule has 2 heterocycles. The maximum absolute atomic E-state index is 12.3. The minimum atomic E-state index is -0.846. The lowest BCUT2D eigenvalue weighted by Crippen LogP contribution is -2.49. The molecular formula is C41H47N3O6. The van der Waals surface area contributed by atoms with Gasteiger partial charge in [-0.25, -0.2) is 0 Å². The Labute approximate surface area is 294 Å². The van der Waals surface area contributed by atoms with Crippen LogP contribution in [-0.2, 0) is 43.5 Å². The molecule has 0 unspecified atom stereocenters. The number of hydrogen-bond acceptors (Lipinski definition) is 8. The Morgan fingerprint density at radius 2 is 1.48 bits per heavy atom. The average molecular weight is 678 g/mol. The van der Waals surface area contributed by atoms with Gasteiger partial charge in [-0.1, -0.05) is 97.1 Å². The molecule has 2 fully saturated rings. The number of piperazine rings is 1. The summed E-state index contributed by atoms with van der Waals surface area (Å²) in [4.78, 5) is 28.5. The minimum Gasteiger partial charge on any atom is -0.453 e. The highest BCUT2D eigenvalue weighted by molar-refractivity contribution is 5.82. The molecule has 0 radical (unpaired) electrons. The molecule has 2 saturated heterocycles. The third-order valence-corrected chi connectivity index (χ3v) is 9.41. The number of benzene rings is 4. The number of amides is 1. The Morgan fingerprint density at radius 3 is 2.18 bits per heavy atom. The van der Waals surface area contributed by atoms with Crippen molar-refractivity contribution in [1.29, 1.82) is 0 Å². The van der Waals surface area contributed by atoms with Gasteiger partial charge in [-0.15, -0.1) is 0 Å². The lowest BCUT2D eigenvalue weighted by Gasteiger charge is -2.40. The van der Waals surface area contributed by atoms with Gasteiger partial charge in [0.1, 0.15) is 0 Å². The van der Waals surface area contributed by atoms with Crippen molar-refractivity contribution in [3.63, 3.8) is 0 Å². The van der Waals surface area contributed by atoms with Crippen LogP contribution in [0.15, 0.2) is 103 Å². The van der Waals surface area contributed by atoms with Crippen LogP contribution in [0, 0.1) is 0 Å². The van der Waals surface area contributed by atoms with Crippen molar-refractivity contribution >= 4 is 11.9 Å². The summed E-state index contributed by atoms with van der Waals surface area (Å²) in [6.07, 6.45) is -0.763. The molecule has 0 aromatic heterocycles. The summed E-state index contributed by atoms with van der Waals surface area (Å²) in [6.45, 7) is 9.03. The Balaban J connectivity index is 1.11. The van der Waals surface area contributed by atoms with Crippen LogP contribution in [0.4, 0.5) is 0 Å². The molecule has 4 atom stereocenters. The number of nitrogens with one attached hydrogen (secondary N) is 1. The SMILES string of the molecule is CC(=O)O[C@@H](C)C(=O)NCc1cccc(-c2ccc([C@H]3O[C@@H](CN4CCN(Cc5ccccc5)CC4)C[C@@H](c4ccc(CO)cc4)O3)cc2)c1. The predicted molar refractivity (Wildman–Crippen MR) is 192 cm³/mol. The van der Waals surface area contributed by atoms with E-state index in [2.05, 4.69) is 69.7 Å². The van der Waals surface area contributed by atoms with Gasteiger partial charge in [-0.05, 0) is 46.4 Å². The second-order valence-electron chi connectivity index (χ2n) is 13.2. The number of ether oxygens (including phenoxy) is 3. The Bertz CT molecular complexity index is 1690. The molecule has 4 aromatic carbocycles. The standard InChI is InChI=1S/C41H47N3O6/c1-29(48-30(2)46)40(47)42-25-33-9-6-10-37(23-33)34-15-17-36(18-16-34)41-49-38(24-39(50-41)35-13-11-32(28-45)12-14-35)27-44-21-19-43(20-22-44)26-31-7-4-3-5-8-31/h3-18,23,29,38-39,41,45H,19-22,24-28H2,1-2H3,(H,42,47)/t29-,38+,39-,41-/m0/s1. The molecule has 2 aliphatic rings. The molecule has 4 aromatic rings. The second kappa shape index (κ2) is 17.0.